The van der Waals surface area contributed by atoms with Crippen molar-refractivity contribution in [1.82, 2.24) is 9.97 Å². The summed E-state index contributed by atoms with van der Waals surface area (Å²) in [6, 6.07) is 5.80. The van der Waals surface area contributed by atoms with Crippen LogP contribution in [0.25, 0.3) is 21.9 Å². The summed E-state index contributed by atoms with van der Waals surface area (Å²) < 4.78 is 0. The van der Waals surface area contributed by atoms with E-state index in [4.69, 9.17) is 17.3 Å². The highest BCUT2D eigenvalue weighted by Gasteiger charge is 2.58. The highest BCUT2D eigenvalue weighted by molar-refractivity contribution is 6.37. The molecular weight excluding hydrogens is 384 g/mol. The van der Waals surface area contributed by atoms with Gasteiger partial charge < -0.3 is 11.1 Å². The summed E-state index contributed by atoms with van der Waals surface area (Å²) in [5.41, 5.74) is 9.63. The third-order valence-electron chi connectivity index (χ3n) is 6.56. The van der Waals surface area contributed by atoms with E-state index in [1.54, 1.807) is 18.6 Å². The summed E-state index contributed by atoms with van der Waals surface area (Å²) in [5, 5.41) is 5.16. The van der Waals surface area contributed by atoms with Crippen LogP contribution < -0.4 is 11.1 Å². The summed E-state index contributed by atoms with van der Waals surface area (Å²) in [7, 11) is 0. The first-order valence-electron chi connectivity index (χ1n) is 10.0. The Hall–Kier alpha value is -2.66. The molecule has 5 rings (SSSR count). The summed E-state index contributed by atoms with van der Waals surface area (Å²) >= 11 is 6.57. The molecule has 2 aliphatic carbocycles. The van der Waals surface area contributed by atoms with Gasteiger partial charge in [-0.15, -0.1) is 0 Å². The zero-order valence-corrected chi connectivity index (χ0v) is 17.2. The summed E-state index contributed by atoms with van der Waals surface area (Å²) in [5.74, 6) is 2.64. The van der Waals surface area contributed by atoms with Gasteiger partial charge in [-0.25, -0.2) is 4.98 Å². The largest absolute Gasteiger partial charge is 0.397 e. The fourth-order valence-corrected chi connectivity index (χ4v) is 5.28. The van der Waals surface area contributed by atoms with Gasteiger partial charge in [0.15, 0.2) is 0 Å². The van der Waals surface area contributed by atoms with E-state index in [1.165, 1.54) is 0 Å². The first kappa shape index (κ1) is 18.4. The molecule has 0 saturated heterocycles. The highest BCUT2D eigenvalue weighted by Crippen LogP contribution is 2.59. The monoisotopic (exact) mass is 406 g/mol. The second kappa shape index (κ2) is 6.70. The molecule has 3 aromatic rings. The highest BCUT2D eigenvalue weighted by atomic mass is 35.5. The number of anilines is 2. The maximum Gasteiger partial charge on any atom is 0.229 e. The number of rotatable bonds is 3. The van der Waals surface area contributed by atoms with Gasteiger partial charge in [0.2, 0.25) is 5.91 Å². The molecular formula is C23H23ClN4O. The minimum atomic E-state index is 0.0870. The van der Waals surface area contributed by atoms with E-state index < -0.39 is 0 Å². The maximum absolute atomic E-state index is 12.7. The van der Waals surface area contributed by atoms with Gasteiger partial charge in [0, 0.05) is 41.0 Å². The number of amides is 1. The van der Waals surface area contributed by atoms with E-state index in [-0.39, 0.29) is 11.8 Å². The number of hydrogen-bond donors (Lipinski definition) is 2. The van der Waals surface area contributed by atoms with Gasteiger partial charge in [0.25, 0.3) is 0 Å². The molecule has 0 radical (unpaired) electrons. The Balaban J connectivity index is 1.47. The first-order valence-corrected chi connectivity index (χ1v) is 10.4. The van der Waals surface area contributed by atoms with Crippen molar-refractivity contribution in [2.75, 3.05) is 11.1 Å². The average Bonchev–Trinajstić information content (AvgIpc) is 3.22. The van der Waals surface area contributed by atoms with Crippen LogP contribution >= 0.6 is 11.6 Å². The minimum absolute atomic E-state index is 0.0870. The number of benzene rings is 1. The number of carbonyl (C=O) groups is 1. The Morgan fingerprint density at radius 3 is 2.69 bits per heavy atom. The number of aryl methyl sites for hydroxylation is 1. The molecule has 2 unspecified atom stereocenters. The summed E-state index contributed by atoms with van der Waals surface area (Å²) in [6.45, 7) is 4.28. The molecule has 0 aliphatic heterocycles. The SMILES string of the molecule is Cc1ccncc1-c1cc2cc(NC(=O)C3[C@H]4CC(C)C[C@@H]34)ncc2c(N)c1Cl. The van der Waals surface area contributed by atoms with Crippen molar-refractivity contribution < 1.29 is 4.79 Å². The molecule has 4 atom stereocenters. The van der Waals surface area contributed by atoms with E-state index in [9.17, 15) is 4.79 Å². The van der Waals surface area contributed by atoms with Crippen LogP contribution in [-0.2, 0) is 4.79 Å². The Labute approximate surface area is 174 Å². The number of nitrogen functional groups attached to an aromatic ring is 1. The zero-order valence-electron chi connectivity index (χ0n) is 16.4. The Morgan fingerprint density at radius 2 is 1.97 bits per heavy atom. The van der Waals surface area contributed by atoms with Crippen molar-refractivity contribution >= 4 is 39.8 Å². The number of nitrogens with one attached hydrogen (secondary N) is 1. The number of hydrogen-bond acceptors (Lipinski definition) is 4. The van der Waals surface area contributed by atoms with Crippen LogP contribution in [0.4, 0.5) is 11.5 Å². The fourth-order valence-electron chi connectivity index (χ4n) is 5.02. The van der Waals surface area contributed by atoms with Crippen molar-refractivity contribution in [2.24, 2.45) is 23.7 Å². The van der Waals surface area contributed by atoms with Crippen LogP contribution in [-0.4, -0.2) is 15.9 Å². The molecule has 6 heteroatoms. The van der Waals surface area contributed by atoms with Crippen LogP contribution in [0.3, 0.4) is 0 Å². The summed E-state index contributed by atoms with van der Waals surface area (Å²) in [6.07, 6.45) is 7.55. The molecule has 2 aliphatic rings. The minimum Gasteiger partial charge on any atom is -0.397 e. The maximum atomic E-state index is 12.7. The molecule has 148 valence electrons. The number of aromatic nitrogens is 2. The lowest BCUT2D eigenvalue weighted by Crippen LogP contribution is -2.18. The third-order valence-corrected chi connectivity index (χ3v) is 6.97. The van der Waals surface area contributed by atoms with Gasteiger partial charge in [-0.2, -0.15) is 0 Å². The predicted octanol–water partition coefficient (Wildman–Crippen LogP) is 5.07. The van der Waals surface area contributed by atoms with Crippen molar-refractivity contribution in [1.29, 1.82) is 0 Å². The van der Waals surface area contributed by atoms with Crippen molar-refractivity contribution in [3.63, 3.8) is 0 Å². The quantitative estimate of drug-likeness (QED) is 0.595. The molecule has 29 heavy (non-hydrogen) atoms. The van der Waals surface area contributed by atoms with Gasteiger partial charge in [0.05, 0.1) is 10.7 Å². The molecule has 2 saturated carbocycles. The van der Waals surface area contributed by atoms with Crippen LogP contribution in [0.15, 0.2) is 36.8 Å². The number of halogens is 1. The lowest BCUT2D eigenvalue weighted by atomic mass is 9.99. The van der Waals surface area contributed by atoms with Crippen molar-refractivity contribution in [2.45, 2.75) is 26.7 Å². The molecule has 1 aromatic carbocycles. The van der Waals surface area contributed by atoms with Crippen LogP contribution in [0.2, 0.25) is 5.02 Å². The average molecular weight is 407 g/mol. The Bertz CT molecular complexity index is 1130. The number of carbonyl (C=O) groups excluding carboxylic acids is 1. The molecule has 5 nitrogen and oxygen atoms in total. The second-order valence-corrected chi connectivity index (χ2v) is 8.93. The third kappa shape index (κ3) is 3.04. The number of nitrogens with two attached hydrogens (primary N) is 1. The smallest absolute Gasteiger partial charge is 0.229 e. The number of fused-ring (bicyclic) bond motifs is 2. The number of nitrogens with zero attached hydrogens (tertiary/aromatic N) is 2. The Morgan fingerprint density at radius 1 is 1.21 bits per heavy atom. The van der Waals surface area contributed by atoms with Gasteiger partial charge >= 0.3 is 0 Å². The standard InChI is InChI=1S/C23H23ClN4O/c1-11-5-14-15(6-11)20(14)23(29)28-19-8-13-7-16(17-9-26-4-3-12(17)2)21(24)22(25)18(13)10-27-19/h3-4,7-11,14-15,20H,5-6,25H2,1-2H3,(H,27,28,29)/t11?,14-,15+,20?. The van der Waals surface area contributed by atoms with Gasteiger partial charge in [-0.3, -0.25) is 9.78 Å². The molecule has 0 spiro atoms. The predicted molar refractivity (Wildman–Crippen MR) is 117 cm³/mol. The fraction of sp³-hybridized carbons (Fsp3) is 0.348. The molecule has 2 fully saturated rings. The van der Waals surface area contributed by atoms with E-state index in [0.717, 1.165) is 46.2 Å². The first-order chi connectivity index (χ1) is 13.9. The molecule has 0 bridgehead atoms. The second-order valence-electron chi connectivity index (χ2n) is 8.55. The van der Waals surface area contributed by atoms with Crippen molar-refractivity contribution in [3.05, 3.63) is 47.4 Å². The van der Waals surface area contributed by atoms with Gasteiger partial charge in [-0.05, 0) is 66.7 Å². The molecule has 2 aromatic heterocycles. The van der Waals surface area contributed by atoms with Gasteiger partial charge in [-0.1, -0.05) is 18.5 Å². The molecule has 2 heterocycles. The van der Waals surface area contributed by atoms with Gasteiger partial charge in [0.1, 0.15) is 5.82 Å². The summed E-state index contributed by atoms with van der Waals surface area (Å²) in [4.78, 5) is 21.3. The van der Waals surface area contributed by atoms with Crippen LogP contribution in [0.5, 0.6) is 0 Å². The Kier molecular flexibility index (Phi) is 4.24. The van der Waals surface area contributed by atoms with Crippen molar-refractivity contribution in [3.8, 4) is 11.1 Å². The van der Waals surface area contributed by atoms with E-state index in [2.05, 4.69) is 22.2 Å². The molecule has 3 N–H and O–H groups in total. The topological polar surface area (TPSA) is 80.9 Å². The van der Waals surface area contributed by atoms with E-state index >= 15 is 0 Å². The van der Waals surface area contributed by atoms with Crippen LogP contribution in [0, 0.1) is 30.6 Å². The molecule has 1 amide bonds. The lowest BCUT2D eigenvalue weighted by molar-refractivity contribution is -0.118. The van der Waals surface area contributed by atoms with E-state index in [1.807, 2.05) is 25.1 Å². The lowest BCUT2D eigenvalue weighted by Gasteiger charge is -2.14. The van der Waals surface area contributed by atoms with Crippen LogP contribution in [0.1, 0.15) is 25.3 Å². The number of pyridine rings is 2. The van der Waals surface area contributed by atoms with E-state index in [0.29, 0.717) is 28.4 Å². The normalized spacial score (nSPS) is 25.1. The zero-order chi connectivity index (χ0) is 20.3.